The van der Waals surface area contributed by atoms with E-state index in [2.05, 4.69) is 45.8 Å². The average Bonchev–Trinajstić information content (AvgIpc) is 3.12. The minimum atomic E-state index is 0.886. The van der Waals surface area contributed by atoms with Crippen LogP contribution in [0.25, 0.3) is 11.0 Å². The number of pyridine rings is 1. The van der Waals surface area contributed by atoms with Gasteiger partial charge in [-0.3, -0.25) is 0 Å². The van der Waals surface area contributed by atoms with E-state index in [4.69, 9.17) is 0 Å². The van der Waals surface area contributed by atoms with Crippen molar-refractivity contribution in [1.82, 2.24) is 9.97 Å². The van der Waals surface area contributed by atoms with Gasteiger partial charge in [0, 0.05) is 35.8 Å². The predicted molar refractivity (Wildman–Crippen MR) is 99.1 cm³/mol. The first-order valence-corrected chi connectivity index (χ1v) is 8.25. The molecule has 3 aromatic rings. The Balaban J connectivity index is 1.53. The van der Waals surface area contributed by atoms with Crippen molar-refractivity contribution < 1.29 is 0 Å². The number of hydrogen-bond donors (Lipinski definition) is 1. The summed E-state index contributed by atoms with van der Waals surface area (Å²) >= 11 is 0. The highest BCUT2D eigenvalue weighted by atomic mass is 15.1. The molecule has 3 heteroatoms. The quantitative estimate of drug-likeness (QED) is 0.687. The number of rotatable bonds is 1. The van der Waals surface area contributed by atoms with Gasteiger partial charge in [0.05, 0.1) is 11.9 Å². The monoisotopic (exact) mass is 313 g/mol. The van der Waals surface area contributed by atoms with Gasteiger partial charge in [-0.2, -0.15) is 0 Å². The van der Waals surface area contributed by atoms with Gasteiger partial charge in [0.25, 0.3) is 0 Å². The number of hydrogen-bond acceptors (Lipinski definition) is 2. The minimum absolute atomic E-state index is 0.886. The number of nitrogens with zero attached hydrogens (tertiary/aromatic N) is 2. The average molecular weight is 313 g/mol. The van der Waals surface area contributed by atoms with Crippen molar-refractivity contribution in [3.8, 4) is 11.8 Å². The van der Waals surface area contributed by atoms with E-state index in [-0.39, 0.29) is 0 Å². The number of benzene rings is 1. The lowest BCUT2D eigenvalue weighted by Crippen LogP contribution is -2.29. The van der Waals surface area contributed by atoms with Crippen LogP contribution in [0, 0.1) is 18.8 Å². The summed E-state index contributed by atoms with van der Waals surface area (Å²) in [6.07, 6.45) is 7.13. The van der Waals surface area contributed by atoms with E-state index in [1.165, 1.54) is 22.2 Å². The Morgan fingerprint density at radius 2 is 2.00 bits per heavy atom. The molecular weight excluding hydrogens is 294 g/mol. The third-order valence-corrected chi connectivity index (χ3v) is 4.52. The SMILES string of the molecule is Cc1c(N2CC=C(C#Cc3ccccc3)CC2)cnc2[nH]ccc12. The van der Waals surface area contributed by atoms with Gasteiger partial charge in [-0.25, -0.2) is 4.98 Å². The Morgan fingerprint density at radius 1 is 1.12 bits per heavy atom. The van der Waals surface area contributed by atoms with Crippen LogP contribution in [0.3, 0.4) is 0 Å². The van der Waals surface area contributed by atoms with Crippen LogP contribution in [0.1, 0.15) is 17.5 Å². The zero-order chi connectivity index (χ0) is 16.4. The third kappa shape index (κ3) is 2.79. The maximum atomic E-state index is 4.53. The lowest BCUT2D eigenvalue weighted by molar-refractivity contribution is 0.800. The van der Waals surface area contributed by atoms with E-state index in [1.54, 1.807) is 0 Å². The summed E-state index contributed by atoms with van der Waals surface area (Å²) in [6, 6.07) is 12.2. The molecule has 0 saturated heterocycles. The first-order valence-electron chi connectivity index (χ1n) is 8.25. The molecule has 0 aliphatic carbocycles. The molecule has 0 spiro atoms. The van der Waals surface area contributed by atoms with Gasteiger partial charge in [-0.1, -0.05) is 36.1 Å². The van der Waals surface area contributed by atoms with Gasteiger partial charge in [-0.15, -0.1) is 0 Å². The third-order valence-electron chi connectivity index (χ3n) is 4.52. The molecule has 0 bridgehead atoms. The van der Waals surface area contributed by atoms with Crippen molar-refractivity contribution in [3.63, 3.8) is 0 Å². The topological polar surface area (TPSA) is 31.9 Å². The van der Waals surface area contributed by atoms with Crippen LogP contribution in [0.15, 0.2) is 60.4 Å². The van der Waals surface area contributed by atoms with E-state index in [0.717, 1.165) is 30.7 Å². The van der Waals surface area contributed by atoms with Crippen molar-refractivity contribution in [2.45, 2.75) is 13.3 Å². The summed E-state index contributed by atoms with van der Waals surface area (Å²) in [5.41, 5.74) is 5.75. The summed E-state index contributed by atoms with van der Waals surface area (Å²) in [7, 11) is 0. The van der Waals surface area contributed by atoms with Crippen molar-refractivity contribution in [2.75, 3.05) is 18.0 Å². The summed E-state index contributed by atoms with van der Waals surface area (Å²) in [5.74, 6) is 6.56. The Labute approximate surface area is 142 Å². The Kier molecular flexibility index (Phi) is 3.80. The van der Waals surface area contributed by atoms with Gasteiger partial charge in [0.15, 0.2) is 0 Å². The Bertz CT molecular complexity index is 955. The molecule has 1 N–H and O–H groups in total. The molecule has 24 heavy (non-hydrogen) atoms. The number of anilines is 1. The zero-order valence-electron chi connectivity index (χ0n) is 13.7. The van der Waals surface area contributed by atoms with E-state index >= 15 is 0 Å². The van der Waals surface area contributed by atoms with Gasteiger partial charge in [0.1, 0.15) is 5.65 Å². The smallest absolute Gasteiger partial charge is 0.137 e. The van der Waals surface area contributed by atoms with Crippen LogP contribution in [-0.2, 0) is 0 Å². The summed E-state index contributed by atoms with van der Waals surface area (Å²) in [6.45, 7) is 4.03. The molecule has 0 radical (unpaired) electrons. The van der Waals surface area contributed by atoms with Crippen LogP contribution in [0.5, 0.6) is 0 Å². The van der Waals surface area contributed by atoms with Crippen LogP contribution in [0.2, 0.25) is 0 Å². The first-order chi connectivity index (χ1) is 11.8. The molecule has 0 saturated carbocycles. The predicted octanol–water partition coefficient (Wildman–Crippen LogP) is 4.06. The van der Waals surface area contributed by atoms with E-state index in [0.29, 0.717) is 0 Å². The highest BCUT2D eigenvalue weighted by Gasteiger charge is 2.15. The number of aromatic nitrogens is 2. The Morgan fingerprint density at radius 3 is 2.79 bits per heavy atom. The second kappa shape index (κ2) is 6.25. The molecule has 1 aliphatic heterocycles. The first kappa shape index (κ1) is 14.6. The number of fused-ring (bicyclic) bond motifs is 1. The molecule has 3 nitrogen and oxygen atoms in total. The number of aromatic amines is 1. The molecule has 1 aliphatic rings. The maximum absolute atomic E-state index is 4.53. The van der Waals surface area contributed by atoms with Gasteiger partial charge >= 0.3 is 0 Å². The fourth-order valence-electron chi connectivity index (χ4n) is 3.12. The fraction of sp³-hybridized carbons (Fsp3) is 0.190. The molecule has 2 aromatic heterocycles. The van der Waals surface area contributed by atoms with Crippen molar-refractivity contribution in [1.29, 1.82) is 0 Å². The van der Waals surface area contributed by atoms with Crippen molar-refractivity contribution >= 4 is 16.7 Å². The standard InChI is InChI=1S/C21H19N3/c1-16-19-9-12-22-21(19)23-15-20(16)24-13-10-18(11-14-24)8-7-17-5-3-2-4-6-17/h2-6,9-10,12,15H,11,13-14H2,1H3,(H,22,23). The number of aryl methyl sites for hydroxylation is 1. The maximum Gasteiger partial charge on any atom is 0.137 e. The van der Waals surface area contributed by atoms with E-state index in [9.17, 15) is 0 Å². The Hall–Kier alpha value is -2.99. The minimum Gasteiger partial charge on any atom is -0.366 e. The lowest BCUT2D eigenvalue weighted by Gasteiger charge is -2.28. The largest absolute Gasteiger partial charge is 0.366 e. The lowest BCUT2D eigenvalue weighted by atomic mass is 10.1. The molecule has 0 amide bonds. The highest BCUT2D eigenvalue weighted by Crippen LogP contribution is 2.27. The van der Waals surface area contributed by atoms with Crippen LogP contribution < -0.4 is 4.90 Å². The fourth-order valence-corrected chi connectivity index (χ4v) is 3.12. The zero-order valence-corrected chi connectivity index (χ0v) is 13.7. The van der Waals surface area contributed by atoms with Gasteiger partial charge < -0.3 is 9.88 Å². The van der Waals surface area contributed by atoms with Crippen molar-refractivity contribution in [2.24, 2.45) is 0 Å². The number of nitrogens with one attached hydrogen (secondary N) is 1. The second-order valence-electron chi connectivity index (χ2n) is 6.05. The van der Waals surface area contributed by atoms with Gasteiger partial charge in [-0.05, 0) is 37.1 Å². The molecule has 4 rings (SSSR count). The summed E-state index contributed by atoms with van der Waals surface area (Å²) in [4.78, 5) is 10.1. The van der Waals surface area contributed by atoms with Crippen molar-refractivity contribution in [3.05, 3.63) is 71.6 Å². The molecule has 118 valence electrons. The molecule has 0 unspecified atom stereocenters. The summed E-state index contributed by atoms with van der Waals surface area (Å²) in [5, 5.41) is 1.20. The van der Waals surface area contributed by atoms with Gasteiger partial charge in [0.2, 0.25) is 0 Å². The van der Waals surface area contributed by atoms with E-state index < -0.39 is 0 Å². The molecule has 3 heterocycles. The normalized spacial score (nSPS) is 14.2. The molecule has 0 atom stereocenters. The van der Waals surface area contributed by atoms with E-state index in [1.807, 2.05) is 42.7 Å². The molecule has 1 aromatic carbocycles. The van der Waals surface area contributed by atoms with Crippen LogP contribution in [-0.4, -0.2) is 23.1 Å². The molecular formula is C21H19N3. The second-order valence-corrected chi connectivity index (χ2v) is 6.05. The molecule has 0 fully saturated rings. The summed E-state index contributed by atoms with van der Waals surface area (Å²) < 4.78 is 0. The number of H-pyrrole nitrogens is 1. The van der Waals surface area contributed by atoms with Crippen LogP contribution in [0.4, 0.5) is 5.69 Å². The van der Waals surface area contributed by atoms with Crippen LogP contribution >= 0.6 is 0 Å². The highest BCUT2D eigenvalue weighted by molar-refractivity contribution is 5.84.